The molecule has 11 heteroatoms. The van der Waals surface area contributed by atoms with Gasteiger partial charge in [-0.1, -0.05) is 13.8 Å². The van der Waals surface area contributed by atoms with Gasteiger partial charge in [-0.15, -0.1) is 34.0 Å². The number of anilines is 2. The number of hydrogen-bond donors (Lipinski definition) is 1. The maximum absolute atomic E-state index is 13.0. The van der Waals surface area contributed by atoms with Crippen LogP contribution in [0, 0.1) is 6.92 Å². The average molecular weight is 474 g/mol. The highest BCUT2D eigenvalue weighted by Gasteiger charge is 2.25. The van der Waals surface area contributed by atoms with Crippen molar-refractivity contribution in [1.82, 2.24) is 24.8 Å². The van der Waals surface area contributed by atoms with Crippen molar-refractivity contribution in [2.45, 2.75) is 20.8 Å². The largest absolute Gasteiger partial charge is 0.383 e. The Morgan fingerprint density at radius 3 is 2.52 bits per heavy atom. The minimum absolute atomic E-state index is 0.0119. The van der Waals surface area contributed by atoms with Gasteiger partial charge in [0.1, 0.15) is 10.6 Å². The van der Waals surface area contributed by atoms with Crippen LogP contribution in [0.25, 0.3) is 21.0 Å². The third-order valence-corrected chi connectivity index (χ3v) is 7.51. The predicted octanol–water partition coefficient (Wildman–Crippen LogP) is 4.15. The normalized spacial score (nSPS) is 13.9. The average Bonchev–Trinajstić information content (AvgIpc) is 3.55. The second kappa shape index (κ2) is 9.25. The summed E-state index contributed by atoms with van der Waals surface area (Å²) in [6.07, 6.45) is 1.81. The summed E-state index contributed by atoms with van der Waals surface area (Å²) in [5, 5.41) is 6.38. The highest BCUT2D eigenvalue weighted by atomic mass is 32.1. The van der Waals surface area contributed by atoms with Crippen molar-refractivity contribution in [1.29, 1.82) is 0 Å². The lowest BCUT2D eigenvalue weighted by atomic mass is 10.3. The molecule has 0 saturated carbocycles. The monoisotopic (exact) mass is 473 g/mol. The highest BCUT2D eigenvalue weighted by Crippen LogP contribution is 2.32. The highest BCUT2D eigenvalue weighted by molar-refractivity contribution is 7.20. The quantitative estimate of drug-likeness (QED) is 0.477. The van der Waals surface area contributed by atoms with E-state index >= 15 is 0 Å². The summed E-state index contributed by atoms with van der Waals surface area (Å²) < 4.78 is 0. The fourth-order valence-corrected chi connectivity index (χ4v) is 5.66. The molecule has 5 rings (SSSR count). The van der Waals surface area contributed by atoms with Gasteiger partial charge < -0.3 is 15.5 Å². The van der Waals surface area contributed by atoms with E-state index < -0.39 is 0 Å². The Labute approximate surface area is 192 Å². The minimum Gasteiger partial charge on any atom is -0.383 e. The second-order valence-electron chi connectivity index (χ2n) is 6.65. The van der Waals surface area contributed by atoms with E-state index in [0.717, 1.165) is 34.3 Å². The minimum atomic E-state index is 0.0119. The molecule has 1 fully saturated rings. The molecule has 1 aliphatic heterocycles. The first-order valence-corrected chi connectivity index (χ1v) is 12.6. The molecule has 0 atom stereocenters. The SMILES string of the molecule is CC.Cc1csc(-c2nc(N)c3cc(C(=O)N4CCN(c5nccs5)CC4)sc3n2)n1. The molecule has 1 aliphatic rings. The maximum atomic E-state index is 13.0. The van der Waals surface area contributed by atoms with Gasteiger partial charge in [-0.05, 0) is 13.0 Å². The van der Waals surface area contributed by atoms with E-state index in [1.807, 2.05) is 42.5 Å². The van der Waals surface area contributed by atoms with Gasteiger partial charge in [-0.25, -0.2) is 19.9 Å². The first-order valence-electron chi connectivity index (χ1n) is 10.0. The number of piperazine rings is 1. The molecule has 1 amide bonds. The van der Waals surface area contributed by atoms with Crippen LogP contribution < -0.4 is 10.6 Å². The third-order valence-electron chi connectivity index (χ3n) is 4.70. The zero-order chi connectivity index (χ0) is 22.0. The summed E-state index contributed by atoms with van der Waals surface area (Å²) in [6.45, 7) is 8.81. The molecule has 4 aromatic heterocycles. The number of amides is 1. The molecule has 162 valence electrons. The van der Waals surface area contributed by atoms with Crippen LogP contribution in [0.1, 0.15) is 29.2 Å². The van der Waals surface area contributed by atoms with Crippen molar-refractivity contribution < 1.29 is 4.79 Å². The first kappa shape index (κ1) is 21.6. The lowest BCUT2D eigenvalue weighted by molar-refractivity contribution is 0.0751. The molecule has 0 spiro atoms. The Morgan fingerprint density at radius 1 is 1.10 bits per heavy atom. The van der Waals surface area contributed by atoms with Crippen molar-refractivity contribution in [3.8, 4) is 10.8 Å². The molecule has 2 N–H and O–H groups in total. The molecular formula is C20H23N7OS3. The number of nitrogen functional groups attached to an aromatic ring is 1. The standard InChI is InChI=1S/C18H17N7OS3.C2H6/c1-10-9-28-16(21-10)14-22-13(19)11-8-12(29-15(11)23-14)17(26)24-3-5-25(6-4-24)18-20-2-7-27-18;1-2/h2,7-9H,3-6H2,1H3,(H2,19,22,23);1-2H3. The number of carbonyl (C=O) groups excluding carboxylic acids is 1. The maximum Gasteiger partial charge on any atom is 0.264 e. The van der Waals surface area contributed by atoms with E-state index in [9.17, 15) is 4.79 Å². The van der Waals surface area contributed by atoms with E-state index in [-0.39, 0.29) is 5.91 Å². The van der Waals surface area contributed by atoms with Crippen molar-refractivity contribution in [2.24, 2.45) is 0 Å². The van der Waals surface area contributed by atoms with Crippen LogP contribution in [0.4, 0.5) is 10.9 Å². The van der Waals surface area contributed by atoms with Crippen molar-refractivity contribution in [2.75, 3.05) is 36.8 Å². The smallest absolute Gasteiger partial charge is 0.264 e. The zero-order valence-electron chi connectivity index (χ0n) is 17.5. The molecule has 4 aromatic rings. The molecule has 0 aliphatic carbocycles. The summed E-state index contributed by atoms with van der Waals surface area (Å²) in [5.74, 6) is 0.894. The fourth-order valence-electron chi connectivity index (χ4n) is 3.23. The van der Waals surface area contributed by atoms with Crippen molar-refractivity contribution >= 4 is 61.1 Å². The molecular weight excluding hydrogens is 450 g/mol. The van der Waals surface area contributed by atoms with E-state index in [1.165, 1.54) is 22.7 Å². The summed E-state index contributed by atoms with van der Waals surface area (Å²) >= 11 is 4.46. The zero-order valence-corrected chi connectivity index (χ0v) is 20.0. The van der Waals surface area contributed by atoms with Crippen molar-refractivity contribution in [3.05, 3.63) is 33.6 Å². The molecule has 0 aromatic carbocycles. The molecule has 8 nitrogen and oxygen atoms in total. The number of aryl methyl sites for hydroxylation is 1. The number of fused-ring (bicyclic) bond motifs is 1. The summed E-state index contributed by atoms with van der Waals surface area (Å²) in [6, 6.07) is 1.81. The topological polar surface area (TPSA) is 101 Å². The first-order chi connectivity index (χ1) is 15.1. The van der Waals surface area contributed by atoms with Gasteiger partial charge >= 0.3 is 0 Å². The molecule has 5 heterocycles. The molecule has 0 radical (unpaired) electrons. The summed E-state index contributed by atoms with van der Waals surface area (Å²) in [4.78, 5) is 36.3. The molecule has 1 saturated heterocycles. The van der Waals surface area contributed by atoms with Gasteiger partial charge in [-0.3, -0.25) is 4.79 Å². The number of thiazole rings is 2. The molecule has 0 bridgehead atoms. The summed E-state index contributed by atoms with van der Waals surface area (Å²) in [5.41, 5.74) is 7.08. The number of hydrogen-bond acceptors (Lipinski definition) is 10. The van der Waals surface area contributed by atoms with Gasteiger partial charge in [0.25, 0.3) is 5.91 Å². The fraction of sp³-hybridized carbons (Fsp3) is 0.350. The number of carbonyl (C=O) groups is 1. The molecule has 31 heavy (non-hydrogen) atoms. The number of thiophene rings is 1. The Bertz CT molecular complexity index is 1180. The second-order valence-corrected chi connectivity index (χ2v) is 9.41. The third kappa shape index (κ3) is 4.39. The van der Waals surface area contributed by atoms with Gasteiger partial charge in [0.05, 0.1) is 10.3 Å². The van der Waals surface area contributed by atoms with Crippen LogP contribution in [-0.4, -0.2) is 56.9 Å². The van der Waals surface area contributed by atoms with Gasteiger partial charge in [0.15, 0.2) is 16.0 Å². The number of rotatable bonds is 3. The molecule has 0 unspecified atom stereocenters. The van der Waals surface area contributed by atoms with Crippen LogP contribution in [0.15, 0.2) is 23.0 Å². The van der Waals surface area contributed by atoms with Gasteiger partial charge in [0, 0.05) is 48.8 Å². The van der Waals surface area contributed by atoms with Crippen LogP contribution >= 0.6 is 34.0 Å². The van der Waals surface area contributed by atoms with E-state index in [4.69, 9.17) is 5.73 Å². The number of nitrogens with two attached hydrogens (primary N) is 1. The number of nitrogens with zero attached hydrogens (tertiary/aromatic N) is 6. The van der Waals surface area contributed by atoms with Crippen LogP contribution in [0.3, 0.4) is 0 Å². The van der Waals surface area contributed by atoms with Gasteiger partial charge in [-0.2, -0.15) is 0 Å². The Balaban J connectivity index is 0.00000112. The number of aromatic nitrogens is 4. The van der Waals surface area contributed by atoms with Gasteiger partial charge in [0.2, 0.25) is 0 Å². The van der Waals surface area contributed by atoms with E-state index in [2.05, 4.69) is 24.8 Å². The summed E-state index contributed by atoms with van der Waals surface area (Å²) in [7, 11) is 0. The Kier molecular flexibility index (Phi) is 6.44. The van der Waals surface area contributed by atoms with Crippen LogP contribution in [-0.2, 0) is 0 Å². The van der Waals surface area contributed by atoms with Crippen LogP contribution in [0.2, 0.25) is 0 Å². The van der Waals surface area contributed by atoms with E-state index in [1.54, 1.807) is 17.5 Å². The van der Waals surface area contributed by atoms with E-state index in [0.29, 0.717) is 34.4 Å². The van der Waals surface area contributed by atoms with Crippen LogP contribution in [0.5, 0.6) is 0 Å². The lowest BCUT2D eigenvalue weighted by Gasteiger charge is -2.34. The lowest BCUT2D eigenvalue weighted by Crippen LogP contribution is -2.48. The Hall–Kier alpha value is -2.63. The Morgan fingerprint density at radius 2 is 1.87 bits per heavy atom. The van der Waals surface area contributed by atoms with Crippen molar-refractivity contribution in [3.63, 3.8) is 0 Å². The predicted molar refractivity (Wildman–Crippen MR) is 129 cm³/mol.